The van der Waals surface area contributed by atoms with E-state index in [-0.39, 0.29) is 40.3 Å². The van der Waals surface area contributed by atoms with Gasteiger partial charge in [-0.1, -0.05) is 42.5 Å². The van der Waals surface area contributed by atoms with Gasteiger partial charge in [0.15, 0.2) is 6.17 Å². The third-order valence-corrected chi connectivity index (χ3v) is 3.35. The summed E-state index contributed by atoms with van der Waals surface area (Å²) in [5.41, 5.74) is -1.22. The predicted molar refractivity (Wildman–Crippen MR) is 74.1 cm³/mol. The van der Waals surface area contributed by atoms with Crippen LogP contribution in [0.3, 0.4) is 0 Å². The Labute approximate surface area is 154 Å². The number of halogens is 8. The van der Waals surface area contributed by atoms with Crippen molar-refractivity contribution >= 4 is 40.3 Å². The quantitative estimate of drug-likeness (QED) is 0.497. The summed E-state index contributed by atoms with van der Waals surface area (Å²) in [6.45, 7) is 0. The first-order valence-electron chi connectivity index (χ1n) is 6.41. The first kappa shape index (κ1) is 21.2. The van der Waals surface area contributed by atoms with Crippen LogP contribution < -0.4 is 0 Å². The molecule has 1 atom stereocenters. The molecule has 0 amide bonds. The molecule has 2 aromatic carbocycles. The molecular formula is C15H10F8Na. The fraction of sp³-hybridized carbons (Fsp3) is 0.333. The molecule has 0 aliphatic rings. The first-order valence-corrected chi connectivity index (χ1v) is 6.41. The minimum absolute atomic E-state index is 0. The molecule has 0 fully saturated rings. The molecule has 127 valence electrons. The molecule has 9 heteroatoms. The molecule has 0 saturated heterocycles. The summed E-state index contributed by atoms with van der Waals surface area (Å²) in [4.78, 5) is 0. The molecule has 1 unspecified atom stereocenters. The Hall–Kier alpha value is -0.860. The van der Waals surface area contributed by atoms with E-state index in [9.17, 15) is 35.1 Å². The van der Waals surface area contributed by atoms with Gasteiger partial charge in [0.25, 0.3) is 0 Å². The van der Waals surface area contributed by atoms with Crippen LogP contribution in [0, 0.1) is 0 Å². The van der Waals surface area contributed by atoms with Crippen LogP contribution in [0.2, 0.25) is 0 Å². The Morgan fingerprint density at radius 2 is 1.33 bits per heavy atom. The van der Waals surface area contributed by atoms with E-state index >= 15 is 0 Å². The maximum atomic E-state index is 14.1. The summed E-state index contributed by atoms with van der Waals surface area (Å²) in [6.07, 6.45) is -12.0. The summed E-state index contributed by atoms with van der Waals surface area (Å²) < 4.78 is 105. The molecule has 0 saturated carbocycles. The number of hydrogen-bond donors (Lipinski definition) is 0. The van der Waals surface area contributed by atoms with Crippen molar-refractivity contribution in [2.75, 3.05) is 0 Å². The largest absolute Gasteiger partial charge is 0.392 e. The second kappa shape index (κ2) is 7.17. The van der Waals surface area contributed by atoms with Gasteiger partial charge in [0.05, 0.1) is 6.42 Å². The van der Waals surface area contributed by atoms with E-state index in [1.807, 2.05) is 0 Å². The van der Waals surface area contributed by atoms with Crippen molar-refractivity contribution in [3.63, 3.8) is 0 Å². The van der Waals surface area contributed by atoms with Gasteiger partial charge in [-0.05, 0) is 10.8 Å². The van der Waals surface area contributed by atoms with Gasteiger partial charge < -0.3 is 0 Å². The van der Waals surface area contributed by atoms with Crippen LogP contribution in [0.5, 0.6) is 0 Å². The van der Waals surface area contributed by atoms with Crippen molar-refractivity contribution in [1.29, 1.82) is 0 Å². The van der Waals surface area contributed by atoms with Crippen LogP contribution in [0.4, 0.5) is 35.1 Å². The topological polar surface area (TPSA) is 0 Å². The van der Waals surface area contributed by atoms with Gasteiger partial charge in [0, 0.05) is 35.1 Å². The van der Waals surface area contributed by atoms with E-state index in [1.54, 1.807) is 0 Å². The van der Waals surface area contributed by atoms with Crippen molar-refractivity contribution in [3.8, 4) is 0 Å². The Kier molecular flexibility index (Phi) is 6.33. The molecule has 0 N–H and O–H groups in total. The molecule has 2 rings (SSSR count). The molecule has 0 bridgehead atoms. The van der Waals surface area contributed by atoms with Crippen molar-refractivity contribution < 1.29 is 35.1 Å². The Morgan fingerprint density at radius 3 is 1.92 bits per heavy atom. The molecule has 1 radical (unpaired) electrons. The molecule has 2 aromatic rings. The number of rotatable bonds is 4. The zero-order valence-corrected chi connectivity index (χ0v) is 14.3. The maximum Gasteiger partial charge on any atom is 0.392 e. The summed E-state index contributed by atoms with van der Waals surface area (Å²) >= 11 is 0. The van der Waals surface area contributed by atoms with Gasteiger partial charge in [-0.3, -0.25) is 0 Å². The van der Waals surface area contributed by atoms with E-state index in [0.717, 1.165) is 12.1 Å². The van der Waals surface area contributed by atoms with Gasteiger partial charge in [0.1, 0.15) is 0 Å². The number of benzene rings is 2. The van der Waals surface area contributed by atoms with Gasteiger partial charge >= 0.3 is 18.0 Å². The number of hydrogen-bond acceptors (Lipinski definition) is 0. The molecular weight excluding hydrogens is 355 g/mol. The second-order valence-electron chi connectivity index (χ2n) is 5.01. The van der Waals surface area contributed by atoms with Crippen LogP contribution >= 0.6 is 0 Å². The zero-order valence-electron chi connectivity index (χ0n) is 12.3. The molecule has 0 spiro atoms. The molecule has 24 heavy (non-hydrogen) atoms. The predicted octanol–water partition coefficient (Wildman–Crippen LogP) is 5.48. The molecule has 0 aliphatic carbocycles. The van der Waals surface area contributed by atoms with Gasteiger partial charge in [-0.2, -0.15) is 30.7 Å². The summed E-state index contributed by atoms with van der Waals surface area (Å²) in [5.74, 6) is -10.6. The van der Waals surface area contributed by atoms with Crippen molar-refractivity contribution in [3.05, 3.63) is 48.0 Å². The summed E-state index contributed by atoms with van der Waals surface area (Å²) in [6, 6.07) is 8.35. The Balaban J connectivity index is 0.00000288. The monoisotopic (exact) mass is 365 g/mol. The van der Waals surface area contributed by atoms with Gasteiger partial charge in [-0.25, -0.2) is 4.39 Å². The summed E-state index contributed by atoms with van der Waals surface area (Å²) in [7, 11) is 0. The fourth-order valence-corrected chi connectivity index (χ4v) is 2.21. The van der Waals surface area contributed by atoms with E-state index < -0.39 is 36.2 Å². The van der Waals surface area contributed by atoms with Crippen LogP contribution in [0.25, 0.3) is 10.8 Å². The van der Waals surface area contributed by atoms with Crippen LogP contribution in [-0.2, 0) is 5.92 Å². The van der Waals surface area contributed by atoms with E-state index in [4.69, 9.17) is 0 Å². The van der Waals surface area contributed by atoms with Crippen molar-refractivity contribution in [2.45, 2.75) is 30.6 Å². The van der Waals surface area contributed by atoms with Crippen LogP contribution in [0.1, 0.15) is 12.0 Å². The van der Waals surface area contributed by atoms with E-state index in [2.05, 4.69) is 0 Å². The second-order valence-corrected chi connectivity index (χ2v) is 5.01. The molecule has 0 heterocycles. The van der Waals surface area contributed by atoms with Crippen molar-refractivity contribution in [2.24, 2.45) is 0 Å². The normalized spacial score (nSPS) is 14.3. The Morgan fingerprint density at radius 1 is 0.792 bits per heavy atom. The first-order chi connectivity index (χ1) is 10.5. The fourth-order valence-electron chi connectivity index (χ4n) is 2.21. The standard InChI is InChI=1S/C15H10F8.Na/c16-12(8-13(17,18)19)15(22,23)14(20,21)11-7-3-5-9-4-1-2-6-10(9)11;/h1-7,12H,8H2;. The van der Waals surface area contributed by atoms with E-state index in [1.165, 1.54) is 24.3 Å². The minimum atomic E-state index is -5.51. The average molecular weight is 365 g/mol. The van der Waals surface area contributed by atoms with Crippen LogP contribution in [-0.4, -0.2) is 47.8 Å². The molecule has 0 aliphatic heterocycles. The van der Waals surface area contributed by atoms with Crippen LogP contribution in [0.15, 0.2) is 42.5 Å². The van der Waals surface area contributed by atoms with Crippen molar-refractivity contribution in [1.82, 2.24) is 0 Å². The Bertz CT molecular complexity index is 690. The van der Waals surface area contributed by atoms with Gasteiger partial charge in [-0.15, -0.1) is 0 Å². The third kappa shape index (κ3) is 4.03. The third-order valence-electron chi connectivity index (χ3n) is 3.35. The maximum absolute atomic E-state index is 14.1. The number of fused-ring (bicyclic) bond motifs is 1. The number of alkyl halides is 8. The zero-order chi connectivity index (χ0) is 17.5. The SMILES string of the molecule is FC(CC(F)(F)F)C(F)(F)C(F)(F)c1cccc2ccccc12.[Na]. The smallest absolute Gasteiger partial charge is 0.240 e. The molecule has 0 nitrogen and oxygen atoms in total. The van der Waals surface area contributed by atoms with E-state index in [0.29, 0.717) is 6.07 Å². The molecule has 0 aromatic heterocycles. The summed E-state index contributed by atoms with van der Waals surface area (Å²) in [5, 5.41) is -0.0920. The van der Waals surface area contributed by atoms with Gasteiger partial charge in [0.2, 0.25) is 0 Å². The minimum Gasteiger partial charge on any atom is -0.240 e. The average Bonchev–Trinajstić information content (AvgIpc) is 2.44.